The lowest BCUT2D eigenvalue weighted by atomic mass is 10.1. The molecule has 0 saturated carbocycles. The van der Waals surface area contributed by atoms with Crippen molar-refractivity contribution in [2.24, 2.45) is 0 Å². The van der Waals surface area contributed by atoms with E-state index in [0.29, 0.717) is 6.04 Å². The van der Waals surface area contributed by atoms with Crippen LogP contribution in [0.2, 0.25) is 0 Å². The second-order valence-electron chi connectivity index (χ2n) is 4.86. The molecular formula is C14H18N4O. The highest BCUT2D eigenvalue weighted by Gasteiger charge is 2.25. The largest absolute Gasteiger partial charge is 0.396 e. The minimum atomic E-state index is 0.224. The Morgan fingerprint density at radius 1 is 1.37 bits per heavy atom. The van der Waals surface area contributed by atoms with E-state index in [9.17, 15) is 0 Å². The number of aromatic amines is 1. The summed E-state index contributed by atoms with van der Waals surface area (Å²) >= 11 is 0. The third-order valence-electron chi connectivity index (χ3n) is 3.64. The van der Waals surface area contributed by atoms with Gasteiger partial charge in [-0.1, -0.05) is 0 Å². The summed E-state index contributed by atoms with van der Waals surface area (Å²) in [6.07, 6.45) is 8.64. The Balaban J connectivity index is 1.79. The summed E-state index contributed by atoms with van der Waals surface area (Å²) < 4.78 is 0. The molecule has 5 heteroatoms. The lowest BCUT2D eigenvalue weighted by molar-refractivity contribution is 0.275. The zero-order chi connectivity index (χ0) is 13.1. The van der Waals surface area contributed by atoms with E-state index in [-0.39, 0.29) is 6.61 Å². The van der Waals surface area contributed by atoms with Gasteiger partial charge in [0.1, 0.15) is 0 Å². The van der Waals surface area contributed by atoms with Gasteiger partial charge in [0.2, 0.25) is 5.95 Å². The maximum atomic E-state index is 9.09. The highest BCUT2D eigenvalue weighted by atomic mass is 16.3. The molecule has 3 rings (SSSR count). The van der Waals surface area contributed by atoms with Crippen LogP contribution in [0.3, 0.4) is 0 Å². The molecule has 0 aliphatic carbocycles. The molecule has 0 amide bonds. The highest BCUT2D eigenvalue weighted by molar-refractivity contribution is 5.57. The van der Waals surface area contributed by atoms with Crippen LogP contribution in [0.25, 0.3) is 11.3 Å². The second-order valence-corrected chi connectivity index (χ2v) is 4.86. The Labute approximate surface area is 112 Å². The van der Waals surface area contributed by atoms with Gasteiger partial charge in [-0.3, -0.25) is 0 Å². The number of H-pyrrole nitrogens is 1. The van der Waals surface area contributed by atoms with Gasteiger partial charge in [-0.15, -0.1) is 0 Å². The molecule has 0 spiro atoms. The maximum absolute atomic E-state index is 9.09. The van der Waals surface area contributed by atoms with E-state index in [1.807, 2.05) is 30.7 Å². The molecule has 0 aromatic carbocycles. The fourth-order valence-electron chi connectivity index (χ4n) is 2.67. The molecule has 3 heterocycles. The summed E-state index contributed by atoms with van der Waals surface area (Å²) in [4.78, 5) is 14.3. The van der Waals surface area contributed by atoms with Crippen LogP contribution >= 0.6 is 0 Å². The van der Waals surface area contributed by atoms with Crippen LogP contribution in [-0.4, -0.2) is 39.3 Å². The predicted octanol–water partition coefficient (Wildman–Crippen LogP) is 1.82. The van der Waals surface area contributed by atoms with Crippen molar-refractivity contribution >= 4 is 5.95 Å². The van der Waals surface area contributed by atoms with Crippen molar-refractivity contribution < 1.29 is 5.11 Å². The van der Waals surface area contributed by atoms with Crippen LogP contribution in [-0.2, 0) is 0 Å². The first-order valence-electron chi connectivity index (χ1n) is 6.72. The summed E-state index contributed by atoms with van der Waals surface area (Å²) in [7, 11) is 0. The Morgan fingerprint density at radius 3 is 2.89 bits per heavy atom. The van der Waals surface area contributed by atoms with Gasteiger partial charge in [0.05, 0.1) is 0 Å². The second kappa shape index (κ2) is 5.40. The van der Waals surface area contributed by atoms with Gasteiger partial charge in [-0.25, -0.2) is 9.97 Å². The van der Waals surface area contributed by atoms with E-state index in [4.69, 9.17) is 5.11 Å². The number of hydrogen-bond acceptors (Lipinski definition) is 4. The molecule has 1 aliphatic rings. The van der Waals surface area contributed by atoms with Crippen molar-refractivity contribution in [3.05, 3.63) is 30.7 Å². The summed E-state index contributed by atoms with van der Waals surface area (Å²) in [5, 5.41) is 9.09. The Morgan fingerprint density at radius 2 is 2.21 bits per heavy atom. The number of nitrogens with one attached hydrogen (secondary N) is 1. The SMILES string of the molecule is OCCC1CCCN1c1ncc(-c2ccc[nH]2)cn1. The van der Waals surface area contributed by atoms with E-state index in [1.165, 1.54) is 0 Å². The minimum Gasteiger partial charge on any atom is -0.396 e. The van der Waals surface area contributed by atoms with Crippen LogP contribution in [0.5, 0.6) is 0 Å². The maximum Gasteiger partial charge on any atom is 0.225 e. The molecule has 1 unspecified atom stereocenters. The van der Waals surface area contributed by atoms with Crippen LogP contribution in [0.1, 0.15) is 19.3 Å². The molecule has 2 aromatic rings. The van der Waals surface area contributed by atoms with Crippen molar-refractivity contribution in [1.82, 2.24) is 15.0 Å². The third kappa shape index (κ3) is 2.46. The molecule has 0 bridgehead atoms. The monoisotopic (exact) mass is 258 g/mol. The van der Waals surface area contributed by atoms with E-state index < -0.39 is 0 Å². The zero-order valence-corrected chi connectivity index (χ0v) is 10.8. The molecule has 5 nitrogen and oxygen atoms in total. The van der Waals surface area contributed by atoms with Crippen molar-refractivity contribution in [2.45, 2.75) is 25.3 Å². The first-order valence-corrected chi connectivity index (χ1v) is 6.72. The smallest absolute Gasteiger partial charge is 0.225 e. The van der Waals surface area contributed by atoms with Gasteiger partial charge in [0.15, 0.2) is 0 Å². The highest BCUT2D eigenvalue weighted by Crippen LogP contribution is 2.25. The van der Waals surface area contributed by atoms with E-state index >= 15 is 0 Å². The Hall–Kier alpha value is -1.88. The first-order chi connectivity index (χ1) is 9.38. The number of aliphatic hydroxyl groups is 1. The summed E-state index contributed by atoms with van der Waals surface area (Å²) in [6, 6.07) is 4.34. The zero-order valence-electron chi connectivity index (χ0n) is 10.8. The number of nitrogens with zero attached hydrogens (tertiary/aromatic N) is 3. The van der Waals surface area contributed by atoms with Crippen LogP contribution in [0.15, 0.2) is 30.7 Å². The van der Waals surface area contributed by atoms with Crippen molar-refractivity contribution in [1.29, 1.82) is 0 Å². The Bertz CT molecular complexity index is 509. The number of rotatable bonds is 4. The summed E-state index contributed by atoms with van der Waals surface area (Å²) in [6.45, 7) is 1.20. The average Bonchev–Trinajstić information content (AvgIpc) is 3.10. The fraction of sp³-hybridized carbons (Fsp3) is 0.429. The number of aromatic nitrogens is 3. The van der Waals surface area contributed by atoms with Crippen LogP contribution < -0.4 is 4.90 Å². The molecule has 1 atom stereocenters. The molecule has 1 saturated heterocycles. The molecule has 2 N–H and O–H groups in total. The predicted molar refractivity (Wildman–Crippen MR) is 73.9 cm³/mol. The van der Waals surface area contributed by atoms with Crippen LogP contribution in [0, 0.1) is 0 Å². The van der Waals surface area contributed by atoms with Gasteiger partial charge in [-0.05, 0) is 31.4 Å². The molecule has 0 radical (unpaired) electrons. The minimum absolute atomic E-state index is 0.224. The molecule has 2 aromatic heterocycles. The number of aliphatic hydroxyl groups excluding tert-OH is 1. The van der Waals surface area contributed by atoms with Gasteiger partial charge < -0.3 is 15.0 Å². The summed E-state index contributed by atoms with van der Waals surface area (Å²) in [5.74, 6) is 0.770. The average molecular weight is 258 g/mol. The molecule has 1 fully saturated rings. The lowest BCUT2D eigenvalue weighted by Crippen LogP contribution is -2.31. The molecule has 1 aliphatic heterocycles. The van der Waals surface area contributed by atoms with Crippen molar-refractivity contribution in [3.63, 3.8) is 0 Å². The van der Waals surface area contributed by atoms with Gasteiger partial charge in [-0.2, -0.15) is 0 Å². The number of anilines is 1. The lowest BCUT2D eigenvalue weighted by Gasteiger charge is -2.23. The number of hydrogen-bond donors (Lipinski definition) is 2. The van der Waals surface area contributed by atoms with Gasteiger partial charge >= 0.3 is 0 Å². The summed E-state index contributed by atoms with van der Waals surface area (Å²) in [5.41, 5.74) is 2.02. The van der Waals surface area contributed by atoms with Crippen molar-refractivity contribution in [2.75, 3.05) is 18.1 Å². The Kier molecular flexibility index (Phi) is 3.46. The molecular weight excluding hydrogens is 240 g/mol. The quantitative estimate of drug-likeness (QED) is 0.878. The normalized spacial score (nSPS) is 19.0. The van der Waals surface area contributed by atoms with E-state index in [0.717, 1.165) is 43.0 Å². The van der Waals surface area contributed by atoms with Gasteiger partial charge in [0, 0.05) is 49.0 Å². The fourth-order valence-corrected chi connectivity index (χ4v) is 2.67. The van der Waals surface area contributed by atoms with Crippen molar-refractivity contribution in [3.8, 4) is 11.3 Å². The van der Waals surface area contributed by atoms with Crippen LogP contribution in [0.4, 0.5) is 5.95 Å². The molecule has 19 heavy (non-hydrogen) atoms. The standard InChI is InChI=1S/C14H18N4O/c19-8-5-12-3-2-7-18(12)14-16-9-11(10-17-14)13-4-1-6-15-13/h1,4,6,9-10,12,15,19H,2-3,5,7-8H2. The topological polar surface area (TPSA) is 65.0 Å². The van der Waals surface area contributed by atoms with E-state index in [2.05, 4.69) is 19.9 Å². The third-order valence-corrected chi connectivity index (χ3v) is 3.64. The van der Waals surface area contributed by atoms with E-state index in [1.54, 1.807) is 0 Å². The molecule has 100 valence electrons. The first kappa shape index (κ1) is 12.2. The van der Waals surface area contributed by atoms with Gasteiger partial charge in [0.25, 0.3) is 0 Å².